The van der Waals surface area contributed by atoms with Crippen molar-refractivity contribution >= 4 is 11.7 Å². The molecule has 0 aromatic carbocycles. The molecule has 0 unspecified atom stereocenters. The van der Waals surface area contributed by atoms with Crippen LogP contribution >= 0.6 is 0 Å². The minimum atomic E-state index is -0.159. The van der Waals surface area contributed by atoms with Gasteiger partial charge in [0.05, 0.1) is 0 Å². The molecule has 2 aromatic heterocycles. The molecule has 6 nitrogen and oxygen atoms in total. The molecule has 0 aliphatic rings. The van der Waals surface area contributed by atoms with E-state index < -0.39 is 0 Å². The summed E-state index contributed by atoms with van der Waals surface area (Å²) in [5.41, 5.74) is 1.43. The molecule has 0 spiro atoms. The Labute approximate surface area is 111 Å². The first-order valence-corrected chi connectivity index (χ1v) is 5.85. The maximum atomic E-state index is 11.6. The van der Waals surface area contributed by atoms with E-state index in [2.05, 4.69) is 20.5 Å². The molecule has 1 amide bonds. The summed E-state index contributed by atoms with van der Waals surface area (Å²) in [6.45, 7) is 0.637. The average Bonchev–Trinajstić information content (AvgIpc) is 2.46. The molecule has 2 aromatic rings. The fraction of sp³-hybridized carbons (Fsp3) is 0.231. The van der Waals surface area contributed by atoms with Crippen LogP contribution in [0.5, 0.6) is 0 Å². The van der Waals surface area contributed by atoms with Crippen LogP contribution in [0, 0.1) is 0 Å². The van der Waals surface area contributed by atoms with E-state index in [4.69, 9.17) is 0 Å². The topological polar surface area (TPSA) is 71.0 Å². The number of aromatic nitrogens is 3. The minimum absolute atomic E-state index is 0.159. The standard InChI is InChI=1S/C13H15N5O/c1-18(2)13(19)11-3-4-12(17-16-11)15-9-10-5-7-14-8-6-10/h3-8H,9H2,1-2H3,(H,15,17). The van der Waals surface area contributed by atoms with Gasteiger partial charge in [-0.3, -0.25) is 9.78 Å². The van der Waals surface area contributed by atoms with Crippen molar-refractivity contribution in [1.29, 1.82) is 0 Å². The second kappa shape index (κ2) is 5.90. The molecule has 6 heteroatoms. The molecule has 0 saturated heterocycles. The van der Waals surface area contributed by atoms with Crippen molar-refractivity contribution in [3.8, 4) is 0 Å². The lowest BCUT2D eigenvalue weighted by Gasteiger charge is -2.09. The van der Waals surface area contributed by atoms with Crippen LogP contribution in [-0.4, -0.2) is 40.1 Å². The fourth-order valence-electron chi connectivity index (χ4n) is 1.46. The third-order valence-electron chi connectivity index (χ3n) is 2.51. The first-order valence-electron chi connectivity index (χ1n) is 5.85. The Kier molecular flexibility index (Phi) is 4.02. The van der Waals surface area contributed by atoms with Crippen LogP contribution < -0.4 is 5.32 Å². The van der Waals surface area contributed by atoms with Crippen molar-refractivity contribution < 1.29 is 4.79 Å². The average molecular weight is 257 g/mol. The zero-order valence-corrected chi connectivity index (χ0v) is 10.9. The van der Waals surface area contributed by atoms with Gasteiger partial charge in [-0.25, -0.2) is 0 Å². The quantitative estimate of drug-likeness (QED) is 0.890. The molecule has 2 heterocycles. The van der Waals surface area contributed by atoms with Gasteiger partial charge in [0.2, 0.25) is 0 Å². The second-order valence-electron chi connectivity index (χ2n) is 4.21. The van der Waals surface area contributed by atoms with Crippen LogP contribution in [0.4, 0.5) is 5.82 Å². The smallest absolute Gasteiger partial charge is 0.273 e. The van der Waals surface area contributed by atoms with Gasteiger partial charge in [-0.15, -0.1) is 10.2 Å². The fourth-order valence-corrected chi connectivity index (χ4v) is 1.46. The minimum Gasteiger partial charge on any atom is -0.365 e. The van der Waals surface area contributed by atoms with Crippen LogP contribution in [-0.2, 0) is 6.54 Å². The predicted molar refractivity (Wildman–Crippen MR) is 71.6 cm³/mol. The summed E-state index contributed by atoms with van der Waals surface area (Å²) in [5.74, 6) is 0.473. The van der Waals surface area contributed by atoms with E-state index in [-0.39, 0.29) is 5.91 Å². The van der Waals surface area contributed by atoms with Crippen molar-refractivity contribution in [1.82, 2.24) is 20.1 Å². The molecule has 0 fully saturated rings. The number of carbonyl (C=O) groups excluding carboxylic acids is 1. The van der Waals surface area contributed by atoms with Crippen molar-refractivity contribution in [2.24, 2.45) is 0 Å². The second-order valence-corrected chi connectivity index (χ2v) is 4.21. The van der Waals surface area contributed by atoms with Crippen LogP contribution in [0.15, 0.2) is 36.7 Å². The van der Waals surface area contributed by atoms with Crippen LogP contribution in [0.2, 0.25) is 0 Å². The molecule has 0 atom stereocenters. The molecule has 19 heavy (non-hydrogen) atoms. The maximum Gasteiger partial charge on any atom is 0.273 e. The summed E-state index contributed by atoms with van der Waals surface area (Å²) in [6.07, 6.45) is 3.48. The summed E-state index contributed by atoms with van der Waals surface area (Å²) in [4.78, 5) is 17.0. The molecule has 0 radical (unpaired) electrons. The number of hydrogen-bond donors (Lipinski definition) is 1. The van der Waals surface area contributed by atoms with E-state index in [1.165, 1.54) is 4.90 Å². The number of amides is 1. The van der Waals surface area contributed by atoms with Gasteiger partial charge < -0.3 is 10.2 Å². The SMILES string of the molecule is CN(C)C(=O)c1ccc(NCc2ccncc2)nn1. The van der Waals surface area contributed by atoms with E-state index in [0.29, 0.717) is 18.1 Å². The highest BCUT2D eigenvalue weighted by Gasteiger charge is 2.09. The largest absolute Gasteiger partial charge is 0.365 e. The predicted octanol–water partition coefficient (Wildman–Crippen LogP) is 1.19. The Balaban J connectivity index is 1.98. The summed E-state index contributed by atoms with van der Waals surface area (Å²) in [5, 5.41) is 11.0. The number of anilines is 1. The van der Waals surface area contributed by atoms with Gasteiger partial charge in [-0.05, 0) is 29.8 Å². The van der Waals surface area contributed by atoms with Crippen molar-refractivity contribution in [3.05, 3.63) is 47.9 Å². The molecule has 98 valence electrons. The first-order chi connectivity index (χ1) is 9.16. The Hall–Kier alpha value is -2.50. The number of nitrogens with one attached hydrogen (secondary N) is 1. The van der Waals surface area contributed by atoms with E-state index in [9.17, 15) is 4.79 Å². The van der Waals surface area contributed by atoms with Gasteiger partial charge in [0, 0.05) is 33.0 Å². The Bertz CT molecular complexity index is 539. The van der Waals surface area contributed by atoms with Gasteiger partial charge in [0.25, 0.3) is 5.91 Å². The van der Waals surface area contributed by atoms with E-state index in [0.717, 1.165) is 5.56 Å². The lowest BCUT2D eigenvalue weighted by molar-refractivity contribution is 0.0821. The molecule has 0 aliphatic carbocycles. The third-order valence-corrected chi connectivity index (χ3v) is 2.51. The Morgan fingerprint density at radius 3 is 2.47 bits per heavy atom. The van der Waals surface area contributed by atoms with E-state index in [1.807, 2.05) is 12.1 Å². The van der Waals surface area contributed by atoms with Crippen molar-refractivity contribution in [2.45, 2.75) is 6.54 Å². The van der Waals surface area contributed by atoms with Crippen molar-refractivity contribution in [2.75, 3.05) is 19.4 Å². The highest BCUT2D eigenvalue weighted by molar-refractivity contribution is 5.91. The first kappa shape index (κ1) is 12.9. The molecular formula is C13H15N5O. The summed E-state index contributed by atoms with van der Waals surface area (Å²) >= 11 is 0. The lowest BCUT2D eigenvalue weighted by Crippen LogP contribution is -2.23. The maximum absolute atomic E-state index is 11.6. The molecule has 0 aliphatic heterocycles. The van der Waals surface area contributed by atoms with E-state index >= 15 is 0 Å². The Morgan fingerprint density at radius 1 is 1.16 bits per heavy atom. The Morgan fingerprint density at radius 2 is 1.89 bits per heavy atom. The zero-order valence-electron chi connectivity index (χ0n) is 10.9. The van der Waals surface area contributed by atoms with E-state index in [1.54, 1.807) is 38.6 Å². The molecule has 0 saturated carbocycles. The summed E-state index contributed by atoms with van der Waals surface area (Å²) in [6, 6.07) is 7.24. The highest BCUT2D eigenvalue weighted by atomic mass is 16.2. The zero-order chi connectivity index (χ0) is 13.7. The van der Waals surface area contributed by atoms with Crippen LogP contribution in [0.3, 0.4) is 0 Å². The summed E-state index contributed by atoms with van der Waals surface area (Å²) in [7, 11) is 3.36. The van der Waals surface area contributed by atoms with Gasteiger partial charge in [-0.1, -0.05) is 0 Å². The van der Waals surface area contributed by atoms with Gasteiger partial charge in [0.15, 0.2) is 5.69 Å². The number of carbonyl (C=O) groups is 1. The molecule has 0 bridgehead atoms. The molecule has 1 N–H and O–H groups in total. The third kappa shape index (κ3) is 3.48. The number of pyridine rings is 1. The van der Waals surface area contributed by atoms with Gasteiger partial charge in [0.1, 0.15) is 5.82 Å². The normalized spacial score (nSPS) is 10.0. The molecule has 2 rings (SSSR count). The summed E-state index contributed by atoms with van der Waals surface area (Å²) < 4.78 is 0. The monoisotopic (exact) mass is 257 g/mol. The van der Waals surface area contributed by atoms with Gasteiger partial charge >= 0.3 is 0 Å². The van der Waals surface area contributed by atoms with Crippen LogP contribution in [0.25, 0.3) is 0 Å². The van der Waals surface area contributed by atoms with Gasteiger partial charge in [-0.2, -0.15) is 0 Å². The molecular weight excluding hydrogens is 242 g/mol. The number of rotatable bonds is 4. The van der Waals surface area contributed by atoms with Crippen molar-refractivity contribution in [3.63, 3.8) is 0 Å². The number of hydrogen-bond acceptors (Lipinski definition) is 5. The number of nitrogens with zero attached hydrogens (tertiary/aromatic N) is 4. The lowest BCUT2D eigenvalue weighted by atomic mass is 10.3. The van der Waals surface area contributed by atoms with Crippen LogP contribution in [0.1, 0.15) is 16.1 Å². The highest BCUT2D eigenvalue weighted by Crippen LogP contribution is 2.06.